The van der Waals surface area contributed by atoms with Gasteiger partial charge in [0, 0.05) is 11.6 Å². The van der Waals surface area contributed by atoms with Crippen molar-refractivity contribution in [2.45, 2.75) is 51.6 Å². The summed E-state index contributed by atoms with van der Waals surface area (Å²) in [5.74, 6) is 0.855. The molecule has 0 unspecified atom stereocenters. The monoisotopic (exact) mass is 452 g/mol. The molecule has 4 rings (SSSR count). The average Bonchev–Trinajstić information content (AvgIpc) is 3.51. The summed E-state index contributed by atoms with van der Waals surface area (Å²) in [6.45, 7) is 2.47. The first-order chi connectivity index (χ1) is 14.7. The predicted molar refractivity (Wildman–Crippen MR) is 112 cm³/mol. The molecule has 0 N–H and O–H groups in total. The van der Waals surface area contributed by atoms with E-state index in [0.29, 0.717) is 35.8 Å². The maximum atomic E-state index is 12.9. The molecule has 2 aliphatic rings. The van der Waals surface area contributed by atoms with Crippen molar-refractivity contribution in [1.82, 2.24) is 0 Å². The van der Waals surface area contributed by atoms with Crippen molar-refractivity contribution in [3.63, 3.8) is 0 Å². The van der Waals surface area contributed by atoms with E-state index in [1.807, 2.05) is 6.92 Å². The van der Waals surface area contributed by atoms with Crippen LogP contribution in [0, 0.1) is 11.3 Å². The van der Waals surface area contributed by atoms with E-state index in [9.17, 15) is 18.0 Å². The van der Waals surface area contributed by atoms with Gasteiger partial charge in [-0.2, -0.15) is 13.2 Å². The molecule has 0 aliphatic heterocycles. The molecule has 166 valence electrons. The number of esters is 1. The van der Waals surface area contributed by atoms with Crippen LogP contribution in [0.25, 0.3) is 11.1 Å². The molecule has 0 atom stereocenters. The Hall–Kier alpha value is -2.21. The van der Waals surface area contributed by atoms with E-state index >= 15 is 0 Å². The summed E-state index contributed by atoms with van der Waals surface area (Å²) < 4.78 is 50.4. The lowest BCUT2D eigenvalue weighted by Crippen LogP contribution is -2.40. The summed E-state index contributed by atoms with van der Waals surface area (Å²) in [6, 6.07) is 7.93. The van der Waals surface area contributed by atoms with Crippen LogP contribution in [0.3, 0.4) is 0 Å². The topological polar surface area (TPSA) is 35.5 Å². The molecule has 0 radical (unpaired) electrons. The Kier molecular flexibility index (Phi) is 5.95. The van der Waals surface area contributed by atoms with E-state index in [4.69, 9.17) is 21.1 Å². The lowest BCUT2D eigenvalue weighted by Gasteiger charge is -2.38. The molecule has 3 nitrogen and oxygen atoms in total. The quantitative estimate of drug-likeness (QED) is 0.326. The Morgan fingerprint density at radius 3 is 2.35 bits per heavy atom. The number of halogens is 4. The average molecular weight is 453 g/mol. The minimum Gasteiger partial charge on any atom is -0.492 e. The summed E-state index contributed by atoms with van der Waals surface area (Å²) in [7, 11) is 0. The number of carbonyl (C=O) groups excluding carboxylic acids is 1. The van der Waals surface area contributed by atoms with Crippen LogP contribution in [0.1, 0.15) is 51.0 Å². The second-order valence-corrected chi connectivity index (χ2v) is 8.87. The highest BCUT2D eigenvalue weighted by Gasteiger charge is 2.44. The first-order valence-corrected chi connectivity index (χ1v) is 11.0. The summed E-state index contributed by atoms with van der Waals surface area (Å²) in [5.41, 5.74) is -0.245. The van der Waals surface area contributed by atoms with Crippen molar-refractivity contribution in [2.24, 2.45) is 11.3 Å². The molecular formula is C24H24ClF3O3. The lowest BCUT2D eigenvalue weighted by molar-refractivity contribution is -0.151. The molecule has 0 spiro atoms. The SMILES string of the molecule is CCC1(C(=O)Oc2cc(OCC3CC3)c(Cl)c(-c3ccc(C(F)(F)F)cc3)c2)CCC1. The Balaban J connectivity index is 1.66. The fraction of sp³-hybridized carbons (Fsp3) is 0.458. The van der Waals surface area contributed by atoms with Gasteiger partial charge in [0.25, 0.3) is 0 Å². The molecule has 7 heteroatoms. The molecule has 2 aliphatic carbocycles. The van der Waals surface area contributed by atoms with Gasteiger partial charge in [-0.3, -0.25) is 4.79 Å². The molecule has 2 aromatic carbocycles. The van der Waals surface area contributed by atoms with E-state index in [2.05, 4.69) is 0 Å². The molecule has 0 saturated heterocycles. The zero-order chi connectivity index (χ0) is 22.2. The number of ether oxygens (including phenoxy) is 2. The molecule has 31 heavy (non-hydrogen) atoms. The van der Waals surface area contributed by atoms with Crippen LogP contribution in [0.15, 0.2) is 36.4 Å². The Morgan fingerprint density at radius 2 is 1.84 bits per heavy atom. The van der Waals surface area contributed by atoms with E-state index in [1.54, 1.807) is 12.1 Å². The predicted octanol–water partition coefficient (Wildman–Crippen LogP) is 7.30. The van der Waals surface area contributed by atoms with Crippen molar-refractivity contribution in [2.75, 3.05) is 6.61 Å². The maximum Gasteiger partial charge on any atom is 0.416 e. The molecule has 0 heterocycles. The number of benzene rings is 2. The zero-order valence-electron chi connectivity index (χ0n) is 17.2. The van der Waals surface area contributed by atoms with Crippen LogP contribution in [-0.2, 0) is 11.0 Å². The van der Waals surface area contributed by atoms with Crippen molar-refractivity contribution in [1.29, 1.82) is 0 Å². The van der Waals surface area contributed by atoms with Crippen molar-refractivity contribution >= 4 is 17.6 Å². The number of hydrogen-bond donors (Lipinski definition) is 0. The van der Waals surface area contributed by atoms with Crippen molar-refractivity contribution in [3.05, 3.63) is 47.0 Å². The van der Waals surface area contributed by atoms with Crippen LogP contribution in [0.2, 0.25) is 5.02 Å². The minimum absolute atomic E-state index is 0.282. The first-order valence-electron chi connectivity index (χ1n) is 10.6. The van der Waals surface area contributed by atoms with E-state index < -0.39 is 17.2 Å². The highest BCUT2D eigenvalue weighted by Crippen LogP contribution is 2.46. The summed E-state index contributed by atoms with van der Waals surface area (Å²) >= 11 is 6.55. The van der Waals surface area contributed by atoms with Crippen molar-refractivity contribution in [3.8, 4) is 22.6 Å². The smallest absolute Gasteiger partial charge is 0.416 e. The Morgan fingerprint density at radius 1 is 1.16 bits per heavy atom. The number of alkyl halides is 3. The van der Waals surface area contributed by atoms with E-state index in [1.165, 1.54) is 12.1 Å². The maximum absolute atomic E-state index is 12.9. The Bertz CT molecular complexity index is 956. The summed E-state index contributed by atoms with van der Waals surface area (Å²) in [6.07, 6.45) is 1.06. The second kappa shape index (κ2) is 8.38. The van der Waals surface area contributed by atoms with Gasteiger partial charge in [-0.1, -0.05) is 37.1 Å². The highest BCUT2D eigenvalue weighted by atomic mass is 35.5. The van der Waals surface area contributed by atoms with Gasteiger partial charge >= 0.3 is 12.1 Å². The summed E-state index contributed by atoms with van der Waals surface area (Å²) in [4.78, 5) is 12.8. The molecule has 2 aromatic rings. The fourth-order valence-electron chi connectivity index (χ4n) is 3.80. The molecule has 2 saturated carbocycles. The van der Waals surface area contributed by atoms with Crippen LogP contribution in [0.4, 0.5) is 13.2 Å². The van der Waals surface area contributed by atoms with Gasteiger partial charge in [-0.05, 0) is 61.8 Å². The second-order valence-electron chi connectivity index (χ2n) is 8.49. The minimum atomic E-state index is -4.42. The van der Waals surface area contributed by atoms with Gasteiger partial charge in [0.1, 0.15) is 11.5 Å². The largest absolute Gasteiger partial charge is 0.492 e. The third-order valence-electron chi connectivity index (χ3n) is 6.34. The van der Waals surface area contributed by atoms with Crippen molar-refractivity contribution < 1.29 is 27.4 Å². The van der Waals surface area contributed by atoms with Gasteiger partial charge in [0.15, 0.2) is 0 Å². The third kappa shape index (κ3) is 4.69. The van der Waals surface area contributed by atoms with Gasteiger partial charge in [0.2, 0.25) is 0 Å². The van der Waals surface area contributed by atoms with Gasteiger partial charge < -0.3 is 9.47 Å². The van der Waals surface area contributed by atoms with Crippen LogP contribution >= 0.6 is 11.6 Å². The van der Waals surface area contributed by atoms with Crippen LogP contribution in [0.5, 0.6) is 11.5 Å². The first kappa shape index (κ1) is 22.0. The standard InChI is InChI=1S/C24H24ClF3O3/c1-2-23(10-3-11-23)22(29)31-18-12-19(16-6-8-17(9-7-16)24(26,27)28)21(25)20(13-18)30-14-15-4-5-15/h6-9,12-13,15H,2-5,10-11,14H2,1H3. The molecule has 2 fully saturated rings. The lowest BCUT2D eigenvalue weighted by atomic mass is 9.67. The van der Waals surface area contributed by atoms with E-state index in [-0.39, 0.29) is 16.7 Å². The zero-order valence-corrected chi connectivity index (χ0v) is 18.0. The molecular weight excluding hydrogens is 429 g/mol. The van der Waals surface area contributed by atoms with Gasteiger partial charge in [-0.25, -0.2) is 0 Å². The van der Waals surface area contributed by atoms with Gasteiger partial charge in [0.05, 0.1) is 22.6 Å². The number of carbonyl (C=O) groups is 1. The third-order valence-corrected chi connectivity index (χ3v) is 6.73. The normalized spacial score (nSPS) is 17.7. The summed E-state index contributed by atoms with van der Waals surface area (Å²) in [5, 5.41) is 0.286. The molecule has 0 bridgehead atoms. The molecule has 0 aromatic heterocycles. The fourth-order valence-corrected chi connectivity index (χ4v) is 4.07. The van der Waals surface area contributed by atoms with Crippen LogP contribution in [-0.4, -0.2) is 12.6 Å². The Labute approximate surface area is 184 Å². The van der Waals surface area contributed by atoms with E-state index in [0.717, 1.165) is 44.2 Å². The van der Waals surface area contributed by atoms with Crippen LogP contribution < -0.4 is 9.47 Å². The number of hydrogen-bond acceptors (Lipinski definition) is 3. The number of rotatable bonds is 7. The highest BCUT2D eigenvalue weighted by molar-refractivity contribution is 6.35. The molecule has 0 amide bonds. The van der Waals surface area contributed by atoms with Gasteiger partial charge in [-0.15, -0.1) is 0 Å².